The lowest BCUT2D eigenvalue weighted by atomic mass is 9.78. The van der Waals surface area contributed by atoms with Crippen LogP contribution in [0.5, 0.6) is 0 Å². The Hall–Kier alpha value is -5.65. The largest absolute Gasteiger partial charge is 0.467 e. The SMILES string of the molecule is CC(C1CC1)N(C)C=O.CCN(C)CC1CCN(C(C(=O)NC(Cc2nc(-c3ccc4c(c3)c(CC(C)(C)COC=O)c(-c3cc(N5CCN(C6COC6)CC5)cnc3C(C)OC)n4CC(F)(F)F)co2)C(=O)N2NCC3CC2C3)C(C)C)C1. The number of nitrogens with one attached hydrogen (secondary N) is 2. The third-order valence-electron chi connectivity index (χ3n) is 18.5. The molecule has 11 rings (SSSR count). The summed E-state index contributed by atoms with van der Waals surface area (Å²) in [6, 6.07) is 6.65. The van der Waals surface area contributed by atoms with Crippen LogP contribution in [-0.2, 0) is 52.8 Å². The average molecular weight is 1170 g/mol. The lowest BCUT2D eigenvalue weighted by molar-refractivity contribution is -0.151. The maximum Gasteiger partial charge on any atom is 0.406 e. The number of amides is 3. The predicted molar refractivity (Wildman–Crippen MR) is 315 cm³/mol. The van der Waals surface area contributed by atoms with Gasteiger partial charge in [-0.15, -0.1) is 0 Å². The normalized spacial score (nSPS) is 22.0. The van der Waals surface area contributed by atoms with Gasteiger partial charge in [-0.2, -0.15) is 13.2 Å². The Labute approximate surface area is 493 Å². The molecule has 84 heavy (non-hydrogen) atoms. The maximum atomic E-state index is 15.0. The van der Waals surface area contributed by atoms with Crippen LogP contribution in [0.25, 0.3) is 33.4 Å². The number of halogens is 3. The first-order chi connectivity index (χ1) is 40.1. The number of pyridine rings is 1. The number of alkyl halides is 3. The highest BCUT2D eigenvalue weighted by molar-refractivity contribution is 5.95. The Bertz CT molecular complexity index is 2890. The fraction of sp³-hybridized carbons (Fsp3) is 0.677. The monoisotopic (exact) mass is 1170 g/mol. The van der Waals surface area contributed by atoms with Gasteiger partial charge in [-0.25, -0.2) is 10.4 Å². The number of oxazole rings is 1. The Morgan fingerprint density at radius 2 is 1.73 bits per heavy atom. The molecule has 5 atom stereocenters. The Morgan fingerprint density at radius 3 is 2.33 bits per heavy atom. The summed E-state index contributed by atoms with van der Waals surface area (Å²) in [6.45, 7) is 21.7. The fourth-order valence-electron chi connectivity index (χ4n) is 13.0. The molecule has 2 bridgehead atoms. The second kappa shape index (κ2) is 26.9. The number of anilines is 1. The fourth-order valence-corrected chi connectivity index (χ4v) is 13.0. The molecule has 4 aromatic rings. The van der Waals surface area contributed by atoms with Crippen LogP contribution in [0.3, 0.4) is 0 Å². The number of ether oxygens (including phenoxy) is 3. The molecule has 5 aliphatic heterocycles. The van der Waals surface area contributed by atoms with Gasteiger partial charge in [0.05, 0.1) is 67.7 Å². The van der Waals surface area contributed by atoms with Crippen LogP contribution in [0.15, 0.2) is 41.1 Å². The molecule has 3 amide bonds. The summed E-state index contributed by atoms with van der Waals surface area (Å²) in [6.07, 6.45) is 4.59. The topological polar surface area (TPSA) is 183 Å². The van der Waals surface area contributed by atoms with Gasteiger partial charge in [0.1, 0.15) is 24.5 Å². The minimum atomic E-state index is -4.61. The maximum absolute atomic E-state index is 15.0. The smallest absolute Gasteiger partial charge is 0.406 e. The number of piperazine rings is 1. The molecular formula is C62H90F3N11O8. The van der Waals surface area contributed by atoms with E-state index in [1.54, 1.807) is 35.3 Å². The molecule has 462 valence electrons. The highest BCUT2D eigenvalue weighted by atomic mass is 19.4. The summed E-state index contributed by atoms with van der Waals surface area (Å²) < 4.78 is 69.2. The van der Waals surface area contributed by atoms with Crippen LogP contribution in [0, 0.1) is 29.1 Å². The summed E-state index contributed by atoms with van der Waals surface area (Å²) in [5, 5.41) is 5.40. The number of carbonyl (C=O) groups excluding carboxylic acids is 4. The number of hydrogen-bond acceptors (Lipinski definition) is 15. The van der Waals surface area contributed by atoms with E-state index in [9.17, 15) is 19.2 Å². The summed E-state index contributed by atoms with van der Waals surface area (Å²) >= 11 is 0. The molecule has 0 spiro atoms. The highest BCUT2D eigenvalue weighted by Crippen LogP contribution is 2.44. The van der Waals surface area contributed by atoms with Gasteiger partial charge >= 0.3 is 6.18 Å². The molecule has 5 unspecified atom stereocenters. The number of nitrogens with zero attached hydrogens (tertiary/aromatic N) is 9. The first-order valence-electron chi connectivity index (χ1n) is 30.4. The number of fused-ring (bicyclic) bond motifs is 3. The highest BCUT2D eigenvalue weighted by Gasteiger charge is 2.45. The van der Waals surface area contributed by atoms with Crippen LogP contribution in [0.1, 0.15) is 104 Å². The zero-order valence-electron chi connectivity index (χ0n) is 51.0. The number of methoxy groups -OCH3 is 1. The quantitative estimate of drug-likeness (QED) is 0.0635. The molecule has 7 aliphatic rings. The predicted octanol–water partition coefficient (Wildman–Crippen LogP) is 7.21. The second-order valence-electron chi connectivity index (χ2n) is 25.7. The van der Waals surface area contributed by atoms with Crippen molar-refractivity contribution in [2.75, 3.05) is 105 Å². The third kappa shape index (κ3) is 14.8. The summed E-state index contributed by atoms with van der Waals surface area (Å²) in [5.41, 5.74) is 6.64. The standard InChI is InChI=1S/C55H77F3N10O7.C7H13NO/c1-9-63(7)26-36-12-13-66(27-36)50(34(2)3)52(70)62-45(53(71)68-39-18-37(19-39)24-60-68)22-48-61-46(30-75-48)38-10-11-47-42(20-38)44(23-54(5,6)32-74-33-69)51(67(47)31-55(56,57)58)43-21-40(25-59-49(43)35(4)72-8)64-14-16-65(17-15-64)41-28-73-29-41;1-6(7-3-4-7)8(2)5-9/h10-11,20-21,25,30,33-37,39,41,45,50,60H,9,12-19,22-24,26-29,31-32H2,1-8H3,(H,62,70);5-7H,3-4H2,1-2H3. The molecule has 2 N–H and O–H groups in total. The number of aromatic nitrogens is 3. The molecule has 2 aliphatic carbocycles. The van der Waals surface area contributed by atoms with E-state index < -0.39 is 36.3 Å². The van der Waals surface area contributed by atoms with Gasteiger partial charge in [0.2, 0.25) is 12.3 Å². The molecule has 7 fully saturated rings. The van der Waals surface area contributed by atoms with Crippen molar-refractivity contribution in [1.82, 2.24) is 49.9 Å². The van der Waals surface area contributed by atoms with Gasteiger partial charge in [-0.1, -0.05) is 40.7 Å². The molecule has 3 aromatic heterocycles. The molecule has 0 radical (unpaired) electrons. The molecule has 22 heteroatoms. The van der Waals surface area contributed by atoms with Gasteiger partial charge in [0, 0.05) is 99.5 Å². The summed E-state index contributed by atoms with van der Waals surface area (Å²) in [7, 11) is 5.51. The van der Waals surface area contributed by atoms with Crippen molar-refractivity contribution in [3.8, 4) is 22.5 Å². The molecule has 5 saturated heterocycles. The number of hydrogen-bond donors (Lipinski definition) is 2. The van der Waals surface area contributed by atoms with Crippen LogP contribution >= 0.6 is 0 Å². The van der Waals surface area contributed by atoms with E-state index in [1.165, 1.54) is 23.7 Å². The van der Waals surface area contributed by atoms with E-state index in [0.29, 0.717) is 108 Å². The van der Waals surface area contributed by atoms with E-state index in [2.05, 4.69) is 51.2 Å². The van der Waals surface area contributed by atoms with Crippen molar-refractivity contribution >= 4 is 41.3 Å². The van der Waals surface area contributed by atoms with Crippen molar-refractivity contribution in [2.45, 2.75) is 142 Å². The number of hydrazine groups is 1. The first kappa shape index (κ1) is 62.9. The van der Waals surface area contributed by atoms with E-state index in [-0.39, 0.29) is 49.1 Å². The van der Waals surface area contributed by atoms with Gasteiger partial charge in [0.15, 0.2) is 5.89 Å². The Morgan fingerprint density at radius 1 is 0.988 bits per heavy atom. The lowest BCUT2D eigenvalue weighted by Crippen LogP contribution is -2.66. The van der Waals surface area contributed by atoms with E-state index >= 15 is 13.2 Å². The Balaban J connectivity index is 0.000000859. The summed E-state index contributed by atoms with van der Waals surface area (Å²) in [4.78, 5) is 71.6. The zero-order chi connectivity index (χ0) is 60.2. The van der Waals surface area contributed by atoms with Gasteiger partial charge in [0.25, 0.3) is 12.4 Å². The van der Waals surface area contributed by atoms with Crippen molar-refractivity contribution in [3.63, 3.8) is 0 Å². The summed E-state index contributed by atoms with van der Waals surface area (Å²) in [5.74, 6) is 1.49. The van der Waals surface area contributed by atoms with Crippen molar-refractivity contribution < 1.29 is 51.0 Å². The number of rotatable bonds is 25. The van der Waals surface area contributed by atoms with Crippen molar-refractivity contribution in [3.05, 3.63) is 53.9 Å². The molecule has 2 saturated carbocycles. The van der Waals surface area contributed by atoms with E-state index in [0.717, 1.165) is 76.5 Å². The Kier molecular flexibility index (Phi) is 20.2. The van der Waals surface area contributed by atoms with Gasteiger partial charge in [-0.3, -0.25) is 39.0 Å². The minimum absolute atomic E-state index is 0.0157. The van der Waals surface area contributed by atoms with Gasteiger partial charge in [-0.05, 0) is 120 Å². The number of likely N-dealkylation sites (tertiary alicyclic amines) is 1. The first-order valence-corrected chi connectivity index (χ1v) is 30.4. The molecule has 1 aromatic carbocycles. The zero-order valence-corrected chi connectivity index (χ0v) is 51.0. The van der Waals surface area contributed by atoms with Crippen LogP contribution in [0.4, 0.5) is 18.9 Å². The molecular weight excluding hydrogens is 1080 g/mol. The van der Waals surface area contributed by atoms with Crippen LogP contribution in [-0.4, -0.2) is 200 Å². The average Bonchev–Trinajstić information content (AvgIpc) is 2.05. The van der Waals surface area contributed by atoms with E-state index in [4.69, 9.17) is 28.6 Å². The van der Waals surface area contributed by atoms with Crippen LogP contribution in [0.2, 0.25) is 0 Å². The minimum Gasteiger partial charge on any atom is -0.467 e. The van der Waals surface area contributed by atoms with Crippen LogP contribution < -0.4 is 15.6 Å². The van der Waals surface area contributed by atoms with Crippen molar-refractivity contribution in [2.24, 2.45) is 29.1 Å². The molecule has 19 nitrogen and oxygen atoms in total. The number of benzene rings is 1. The van der Waals surface area contributed by atoms with E-state index in [1.807, 2.05) is 53.8 Å². The lowest BCUT2D eigenvalue weighted by Gasteiger charge is -2.50. The molecule has 8 heterocycles. The number of carbonyl (C=O) groups is 4. The van der Waals surface area contributed by atoms with Gasteiger partial charge < -0.3 is 43.2 Å². The van der Waals surface area contributed by atoms with Crippen molar-refractivity contribution in [1.29, 1.82) is 0 Å². The second-order valence-corrected chi connectivity index (χ2v) is 25.7. The third-order valence-corrected chi connectivity index (χ3v) is 18.5.